The number of aromatic nitrogens is 2. The van der Waals surface area contributed by atoms with Crippen LogP contribution in [0.2, 0.25) is 5.02 Å². The summed E-state index contributed by atoms with van der Waals surface area (Å²) in [5, 5.41) is 0.548. The topological polar surface area (TPSA) is 38.2 Å². The van der Waals surface area contributed by atoms with E-state index in [4.69, 9.17) is 16.3 Å². The second-order valence-electron chi connectivity index (χ2n) is 4.92. The van der Waals surface area contributed by atoms with Gasteiger partial charge in [-0.05, 0) is 12.5 Å². The lowest BCUT2D eigenvalue weighted by Crippen LogP contribution is -2.44. The second kappa shape index (κ2) is 5.77. The molecule has 1 aromatic heterocycles. The minimum Gasteiger partial charge on any atom is -0.374 e. The maximum absolute atomic E-state index is 5.86. The van der Waals surface area contributed by atoms with Crippen molar-refractivity contribution in [3.05, 3.63) is 53.3 Å². The Bertz CT molecular complexity index is 561. The van der Waals surface area contributed by atoms with Crippen molar-refractivity contribution in [3.63, 3.8) is 0 Å². The standard InChI is InChI=1S/C15H16ClN3O/c1-11-9-19(15-17-7-13(16)8-18-15)14(10-20-11)12-5-3-2-4-6-12/h2-8,11,14H,9-10H2,1H3/t11-,14+/m1/s1. The van der Waals surface area contributed by atoms with Gasteiger partial charge in [0.15, 0.2) is 0 Å². The van der Waals surface area contributed by atoms with Gasteiger partial charge in [-0.15, -0.1) is 0 Å². The van der Waals surface area contributed by atoms with E-state index < -0.39 is 0 Å². The molecule has 1 aromatic carbocycles. The first-order valence-electron chi connectivity index (χ1n) is 6.65. The second-order valence-corrected chi connectivity index (χ2v) is 5.36. The van der Waals surface area contributed by atoms with Crippen LogP contribution in [-0.2, 0) is 4.74 Å². The molecule has 2 aromatic rings. The van der Waals surface area contributed by atoms with Gasteiger partial charge in [-0.25, -0.2) is 9.97 Å². The monoisotopic (exact) mass is 289 g/mol. The van der Waals surface area contributed by atoms with Crippen LogP contribution >= 0.6 is 11.6 Å². The number of ether oxygens (including phenoxy) is 1. The van der Waals surface area contributed by atoms with Crippen LogP contribution < -0.4 is 4.90 Å². The SMILES string of the molecule is C[C@@H]1CN(c2ncc(Cl)cn2)[C@H](c2ccccc2)CO1. The summed E-state index contributed by atoms with van der Waals surface area (Å²) >= 11 is 5.86. The van der Waals surface area contributed by atoms with E-state index in [1.165, 1.54) is 5.56 Å². The minimum atomic E-state index is 0.133. The molecule has 0 aliphatic carbocycles. The van der Waals surface area contributed by atoms with E-state index in [-0.39, 0.29) is 12.1 Å². The Morgan fingerprint density at radius 2 is 1.90 bits per heavy atom. The zero-order valence-corrected chi connectivity index (χ0v) is 12.0. The molecule has 3 rings (SSSR count). The predicted octanol–water partition coefficient (Wildman–Crippen LogP) is 3.10. The highest BCUT2D eigenvalue weighted by Gasteiger charge is 2.29. The molecular formula is C15H16ClN3O. The third-order valence-corrected chi connectivity index (χ3v) is 3.61. The largest absolute Gasteiger partial charge is 0.374 e. The fraction of sp³-hybridized carbons (Fsp3) is 0.333. The van der Waals surface area contributed by atoms with Crippen molar-refractivity contribution in [1.29, 1.82) is 0 Å². The molecule has 20 heavy (non-hydrogen) atoms. The quantitative estimate of drug-likeness (QED) is 0.851. The van der Waals surface area contributed by atoms with E-state index in [0.29, 0.717) is 17.6 Å². The van der Waals surface area contributed by atoms with Crippen LogP contribution in [0.3, 0.4) is 0 Å². The van der Waals surface area contributed by atoms with Gasteiger partial charge in [-0.3, -0.25) is 0 Å². The van der Waals surface area contributed by atoms with Crippen LogP contribution in [0.4, 0.5) is 5.95 Å². The van der Waals surface area contributed by atoms with Gasteiger partial charge >= 0.3 is 0 Å². The van der Waals surface area contributed by atoms with Gasteiger partial charge in [0.2, 0.25) is 5.95 Å². The van der Waals surface area contributed by atoms with Crippen molar-refractivity contribution in [2.45, 2.75) is 19.1 Å². The van der Waals surface area contributed by atoms with E-state index in [1.807, 2.05) is 18.2 Å². The van der Waals surface area contributed by atoms with Gasteiger partial charge in [-0.2, -0.15) is 0 Å². The van der Waals surface area contributed by atoms with Gasteiger partial charge in [-0.1, -0.05) is 41.9 Å². The molecule has 0 amide bonds. The van der Waals surface area contributed by atoms with Crippen molar-refractivity contribution in [2.75, 3.05) is 18.1 Å². The van der Waals surface area contributed by atoms with Crippen LogP contribution in [0.25, 0.3) is 0 Å². The summed E-state index contributed by atoms with van der Waals surface area (Å²) in [5.74, 6) is 0.693. The first-order chi connectivity index (χ1) is 9.74. The smallest absolute Gasteiger partial charge is 0.226 e. The average Bonchev–Trinajstić information content (AvgIpc) is 2.49. The van der Waals surface area contributed by atoms with Crippen LogP contribution in [0.5, 0.6) is 0 Å². The summed E-state index contributed by atoms with van der Waals surface area (Å²) in [7, 11) is 0. The molecule has 0 unspecified atom stereocenters. The molecule has 0 N–H and O–H groups in total. The summed E-state index contributed by atoms with van der Waals surface area (Å²) in [4.78, 5) is 10.9. The lowest BCUT2D eigenvalue weighted by Gasteiger charge is -2.38. The Hall–Kier alpha value is -1.65. The van der Waals surface area contributed by atoms with Gasteiger partial charge in [0.25, 0.3) is 0 Å². The predicted molar refractivity (Wildman–Crippen MR) is 79.0 cm³/mol. The molecule has 4 nitrogen and oxygen atoms in total. The minimum absolute atomic E-state index is 0.133. The van der Waals surface area contributed by atoms with Crippen molar-refractivity contribution in [3.8, 4) is 0 Å². The Kier molecular flexibility index (Phi) is 3.85. The molecule has 2 atom stereocenters. The molecule has 1 fully saturated rings. The van der Waals surface area contributed by atoms with Crippen LogP contribution in [0.15, 0.2) is 42.7 Å². The van der Waals surface area contributed by atoms with Gasteiger partial charge in [0, 0.05) is 6.54 Å². The van der Waals surface area contributed by atoms with E-state index in [9.17, 15) is 0 Å². The number of benzene rings is 1. The third-order valence-electron chi connectivity index (χ3n) is 3.42. The van der Waals surface area contributed by atoms with Gasteiger partial charge in [0.05, 0.1) is 36.2 Å². The van der Waals surface area contributed by atoms with Crippen LogP contribution in [0.1, 0.15) is 18.5 Å². The number of nitrogens with zero attached hydrogens (tertiary/aromatic N) is 3. The first kappa shape index (κ1) is 13.3. The summed E-state index contributed by atoms with van der Waals surface area (Å²) < 4.78 is 5.80. The Balaban J connectivity index is 1.93. The highest BCUT2D eigenvalue weighted by Crippen LogP contribution is 2.29. The fourth-order valence-electron chi connectivity index (χ4n) is 2.43. The molecule has 104 valence electrons. The van der Waals surface area contributed by atoms with Crippen molar-refractivity contribution in [1.82, 2.24) is 9.97 Å². The Labute approximate surface area is 123 Å². The molecule has 0 saturated carbocycles. The molecule has 1 saturated heterocycles. The Morgan fingerprint density at radius 3 is 2.60 bits per heavy atom. The number of rotatable bonds is 2. The number of anilines is 1. The van der Waals surface area contributed by atoms with E-state index >= 15 is 0 Å². The molecule has 0 radical (unpaired) electrons. The van der Waals surface area contributed by atoms with Crippen molar-refractivity contribution >= 4 is 17.5 Å². The molecule has 5 heteroatoms. The zero-order chi connectivity index (χ0) is 13.9. The molecule has 0 spiro atoms. The fourth-order valence-corrected chi connectivity index (χ4v) is 2.53. The summed E-state index contributed by atoms with van der Waals surface area (Å²) in [6.45, 7) is 3.46. The van der Waals surface area contributed by atoms with Crippen LogP contribution in [-0.4, -0.2) is 29.2 Å². The van der Waals surface area contributed by atoms with E-state index in [0.717, 1.165) is 6.54 Å². The maximum Gasteiger partial charge on any atom is 0.226 e. The van der Waals surface area contributed by atoms with Crippen LogP contribution in [0, 0.1) is 0 Å². The summed E-state index contributed by atoms with van der Waals surface area (Å²) in [5.41, 5.74) is 1.21. The third kappa shape index (κ3) is 2.76. The lowest BCUT2D eigenvalue weighted by atomic mass is 10.0. The summed E-state index contributed by atoms with van der Waals surface area (Å²) in [6, 6.07) is 10.4. The lowest BCUT2D eigenvalue weighted by molar-refractivity contribution is 0.0296. The normalized spacial score (nSPS) is 22.8. The molecule has 0 bridgehead atoms. The highest BCUT2D eigenvalue weighted by molar-refractivity contribution is 6.30. The zero-order valence-electron chi connectivity index (χ0n) is 11.2. The van der Waals surface area contributed by atoms with Crippen molar-refractivity contribution in [2.24, 2.45) is 0 Å². The van der Waals surface area contributed by atoms with E-state index in [2.05, 4.69) is 33.9 Å². The summed E-state index contributed by atoms with van der Waals surface area (Å²) in [6.07, 6.45) is 3.42. The Morgan fingerprint density at radius 1 is 1.20 bits per heavy atom. The van der Waals surface area contributed by atoms with Gasteiger partial charge in [0.1, 0.15) is 0 Å². The maximum atomic E-state index is 5.86. The first-order valence-corrected chi connectivity index (χ1v) is 7.02. The number of halogens is 1. The molecule has 1 aliphatic heterocycles. The average molecular weight is 290 g/mol. The molecule has 1 aliphatic rings. The number of hydrogen-bond acceptors (Lipinski definition) is 4. The molecular weight excluding hydrogens is 274 g/mol. The number of morpholine rings is 1. The number of hydrogen-bond donors (Lipinski definition) is 0. The highest BCUT2D eigenvalue weighted by atomic mass is 35.5. The van der Waals surface area contributed by atoms with Gasteiger partial charge < -0.3 is 9.64 Å². The van der Waals surface area contributed by atoms with Crippen molar-refractivity contribution < 1.29 is 4.74 Å². The van der Waals surface area contributed by atoms with E-state index in [1.54, 1.807) is 12.4 Å². The molecule has 2 heterocycles.